The highest BCUT2D eigenvalue weighted by atomic mass is 16.3. The van der Waals surface area contributed by atoms with E-state index in [1.807, 2.05) is 19.3 Å². The zero-order valence-electron chi connectivity index (χ0n) is 11.7. The minimum Gasteiger partial charge on any atom is -0.395 e. The number of anilines is 1. The molecule has 0 unspecified atom stereocenters. The molecule has 19 heavy (non-hydrogen) atoms. The molecule has 1 aromatic heterocycles. The van der Waals surface area contributed by atoms with E-state index < -0.39 is 0 Å². The van der Waals surface area contributed by atoms with E-state index in [1.165, 1.54) is 12.8 Å². The summed E-state index contributed by atoms with van der Waals surface area (Å²) >= 11 is 0. The van der Waals surface area contributed by atoms with Gasteiger partial charge in [-0.25, -0.2) is 9.97 Å². The largest absolute Gasteiger partial charge is 0.395 e. The van der Waals surface area contributed by atoms with E-state index in [1.54, 1.807) is 0 Å². The molecular weight excluding hydrogens is 240 g/mol. The third-order valence-electron chi connectivity index (χ3n) is 3.65. The van der Waals surface area contributed by atoms with Gasteiger partial charge in [0.15, 0.2) is 0 Å². The third kappa shape index (κ3) is 4.44. The molecule has 1 aromatic rings. The summed E-state index contributed by atoms with van der Waals surface area (Å²) in [6, 6.07) is 0.365. The minimum atomic E-state index is 0.286. The van der Waals surface area contributed by atoms with Crippen LogP contribution >= 0.6 is 0 Å². The van der Waals surface area contributed by atoms with E-state index >= 15 is 0 Å². The molecule has 0 aromatic carbocycles. The highest BCUT2D eigenvalue weighted by molar-refractivity contribution is 5.23. The summed E-state index contributed by atoms with van der Waals surface area (Å²) in [4.78, 5) is 10.8. The van der Waals surface area contributed by atoms with Crippen LogP contribution in [0.25, 0.3) is 0 Å². The average Bonchev–Trinajstić information content (AvgIpc) is 2.46. The van der Waals surface area contributed by atoms with Crippen LogP contribution in [0.2, 0.25) is 0 Å². The molecule has 2 N–H and O–H groups in total. The number of aliphatic hydroxyl groups is 1. The topological polar surface area (TPSA) is 61.3 Å². The number of piperidine rings is 1. The van der Waals surface area contributed by atoms with Gasteiger partial charge < -0.3 is 10.4 Å². The second-order valence-corrected chi connectivity index (χ2v) is 5.23. The first kappa shape index (κ1) is 14.2. The number of nitrogens with one attached hydrogen (secondary N) is 1. The lowest BCUT2D eigenvalue weighted by molar-refractivity contribution is 0.0901. The lowest BCUT2D eigenvalue weighted by Gasteiger charge is -2.34. The number of hydrogen-bond acceptors (Lipinski definition) is 5. The monoisotopic (exact) mass is 264 g/mol. The van der Waals surface area contributed by atoms with Crippen LogP contribution < -0.4 is 5.32 Å². The van der Waals surface area contributed by atoms with E-state index in [4.69, 9.17) is 0 Å². The molecule has 106 valence electrons. The highest BCUT2D eigenvalue weighted by Gasteiger charge is 2.20. The van der Waals surface area contributed by atoms with Crippen molar-refractivity contribution < 1.29 is 5.11 Å². The van der Waals surface area contributed by atoms with Crippen molar-refractivity contribution in [3.63, 3.8) is 0 Å². The van der Waals surface area contributed by atoms with Crippen molar-refractivity contribution in [3.05, 3.63) is 18.0 Å². The zero-order valence-corrected chi connectivity index (χ0v) is 11.7. The average molecular weight is 264 g/mol. The molecule has 0 aliphatic carbocycles. The lowest BCUT2D eigenvalue weighted by atomic mass is 10.0. The lowest BCUT2D eigenvalue weighted by Crippen LogP contribution is -2.42. The van der Waals surface area contributed by atoms with Gasteiger partial charge in [0.25, 0.3) is 0 Å². The number of aryl methyl sites for hydroxylation is 1. The fourth-order valence-corrected chi connectivity index (χ4v) is 2.53. The van der Waals surface area contributed by atoms with Gasteiger partial charge in [-0.3, -0.25) is 4.90 Å². The SMILES string of the molecule is Cc1cnc(NCCCN2CCCC[C@H]2CO)nc1. The number of hydrogen-bond donors (Lipinski definition) is 2. The van der Waals surface area contributed by atoms with Crippen LogP contribution in [-0.2, 0) is 0 Å². The van der Waals surface area contributed by atoms with Crippen molar-refractivity contribution in [1.82, 2.24) is 14.9 Å². The minimum absolute atomic E-state index is 0.286. The van der Waals surface area contributed by atoms with Crippen LogP contribution in [0.5, 0.6) is 0 Å². The first-order valence-corrected chi connectivity index (χ1v) is 7.17. The van der Waals surface area contributed by atoms with Crippen LogP contribution in [0.3, 0.4) is 0 Å². The predicted octanol–water partition coefficient (Wildman–Crippen LogP) is 1.43. The van der Waals surface area contributed by atoms with E-state index in [0.29, 0.717) is 12.0 Å². The molecule has 0 saturated carbocycles. The van der Waals surface area contributed by atoms with Gasteiger partial charge in [-0.15, -0.1) is 0 Å². The number of aromatic nitrogens is 2. The van der Waals surface area contributed by atoms with Gasteiger partial charge in [-0.05, 0) is 38.3 Å². The molecule has 1 aliphatic heterocycles. The summed E-state index contributed by atoms with van der Waals surface area (Å²) < 4.78 is 0. The van der Waals surface area contributed by atoms with Crippen molar-refractivity contribution in [2.45, 2.75) is 38.6 Å². The molecule has 0 bridgehead atoms. The number of likely N-dealkylation sites (tertiary alicyclic amines) is 1. The number of aliphatic hydroxyl groups excluding tert-OH is 1. The van der Waals surface area contributed by atoms with Gasteiger partial charge in [0.2, 0.25) is 5.95 Å². The summed E-state index contributed by atoms with van der Waals surface area (Å²) in [6.45, 7) is 5.29. The van der Waals surface area contributed by atoms with Crippen LogP contribution in [0.1, 0.15) is 31.2 Å². The Morgan fingerprint density at radius 3 is 2.89 bits per heavy atom. The van der Waals surface area contributed by atoms with Crippen LogP contribution in [0.15, 0.2) is 12.4 Å². The summed E-state index contributed by atoms with van der Waals surface area (Å²) in [7, 11) is 0. The first-order chi connectivity index (χ1) is 9.29. The van der Waals surface area contributed by atoms with Crippen LogP contribution in [-0.4, -0.2) is 52.3 Å². The Labute approximate surface area is 115 Å². The first-order valence-electron chi connectivity index (χ1n) is 7.17. The van der Waals surface area contributed by atoms with Crippen molar-refractivity contribution >= 4 is 5.95 Å². The molecule has 0 radical (unpaired) electrons. The Morgan fingerprint density at radius 2 is 2.16 bits per heavy atom. The molecular formula is C14H24N4O. The van der Waals surface area contributed by atoms with Crippen LogP contribution in [0.4, 0.5) is 5.95 Å². The maximum absolute atomic E-state index is 9.34. The van der Waals surface area contributed by atoms with E-state index in [9.17, 15) is 5.11 Å². The molecule has 1 saturated heterocycles. The number of nitrogens with zero attached hydrogens (tertiary/aromatic N) is 3. The molecule has 5 nitrogen and oxygen atoms in total. The van der Waals surface area contributed by atoms with Crippen molar-refractivity contribution in [1.29, 1.82) is 0 Å². The fraction of sp³-hybridized carbons (Fsp3) is 0.714. The maximum Gasteiger partial charge on any atom is 0.222 e. The van der Waals surface area contributed by atoms with Crippen LogP contribution in [0, 0.1) is 6.92 Å². The Kier molecular flexibility index (Phi) is 5.54. The highest BCUT2D eigenvalue weighted by Crippen LogP contribution is 2.16. The zero-order chi connectivity index (χ0) is 13.5. The quantitative estimate of drug-likeness (QED) is 0.761. The fourth-order valence-electron chi connectivity index (χ4n) is 2.53. The van der Waals surface area contributed by atoms with Crippen molar-refractivity contribution in [3.8, 4) is 0 Å². The van der Waals surface area contributed by atoms with E-state index in [2.05, 4.69) is 20.2 Å². The Morgan fingerprint density at radius 1 is 1.37 bits per heavy atom. The van der Waals surface area contributed by atoms with E-state index in [-0.39, 0.29) is 6.61 Å². The molecule has 0 amide bonds. The van der Waals surface area contributed by atoms with Crippen molar-refractivity contribution in [2.24, 2.45) is 0 Å². The molecule has 1 fully saturated rings. The Balaban J connectivity index is 1.67. The second kappa shape index (κ2) is 7.40. The van der Waals surface area contributed by atoms with Gasteiger partial charge in [0, 0.05) is 31.5 Å². The smallest absolute Gasteiger partial charge is 0.222 e. The van der Waals surface area contributed by atoms with E-state index in [0.717, 1.165) is 38.0 Å². The maximum atomic E-state index is 9.34. The van der Waals surface area contributed by atoms with Gasteiger partial charge >= 0.3 is 0 Å². The normalized spacial score (nSPS) is 20.4. The second-order valence-electron chi connectivity index (χ2n) is 5.23. The molecule has 5 heteroatoms. The molecule has 2 rings (SSSR count). The Hall–Kier alpha value is -1.20. The van der Waals surface area contributed by atoms with Gasteiger partial charge in [0.1, 0.15) is 0 Å². The molecule has 1 aliphatic rings. The molecule has 1 atom stereocenters. The van der Waals surface area contributed by atoms with Crippen molar-refractivity contribution in [2.75, 3.05) is 31.6 Å². The standard InChI is InChI=1S/C14H24N4O/c1-12-9-16-14(17-10-12)15-6-4-8-18-7-3-2-5-13(18)11-19/h9-10,13,19H,2-8,11H2,1H3,(H,15,16,17)/t13-/m0/s1. The Bertz CT molecular complexity index is 368. The summed E-state index contributed by atoms with van der Waals surface area (Å²) in [5.41, 5.74) is 1.07. The summed E-state index contributed by atoms with van der Waals surface area (Å²) in [5.74, 6) is 0.697. The molecule has 0 spiro atoms. The van der Waals surface area contributed by atoms with Gasteiger partial charge in [-0.2, -0.15) is 0 Å². The third-order valence-corrected chi connectivity index (χ3v) is 3.65. The van der Waals surface area contributed by atoms with Gasteiger partial charge in [0.05, 0.1) is 6.61 Å². The molecule has 2 heterocycles. The van der Waals surface area contributed by atoms with Gasteiger partial charge in [-0.1, -0.05) is 6.42 Å². The predicted molar refractivity (Wildman–Crippen MR) is 76.2 cm³/mol. The number of rotatable bonds is 6. The summed E-state index contributed by atoms with van der Waals surface area (Å²) in [5, 5.41) is 12.6. The summed E-state index contributed by atoms with van der Waals surface area (Å²) in [6.07, 6.45) is 8.32.